The first-order valence-corrected chi connectivity index (χ1v) is 6.72. The number of aromatic hydroxyl groups is 1. The number of hydrogen-bond donors (Lipinski definition) is 2. The maximum absolute atomic E-state index is 12.1. The Hall–Kier alpha value is -2.24. The number of hydrogen-bond acceptors (Lipinski definition) is 5. The van der Waals surface area contributed by atoms with Gasteiger partial charge >= 0.3 is 5.97 Å². The van der Waals surface area contributed by atoms with Gasteiger partial charge in [0.1, 0.15) is 11.8 Å². The lowest BCUT2D eigenvalue weighted by Gasteiger charge is -2.19. The zero-order valence-electron chi connectivity index (χ0n) is 12.5. The lowest BCUT2D eigenvalue weighted by molar-refractivity contribution is -0.145. The summed E-state index contributed by atoms with van der Waals surface area (Å²) in [4.78, 5) is 14.7. The molecule has 0 spiro atoms. The van der Waals surface area contributed by atoms with Gasteiger partial charge in [-0.1, -0.05) is 17.2 Å². The fourth-order valence-corrected chi connectivity index (χ4v) is 2.02. The number of nitrogens with zero attached hydrogens (tertiary/aromatic N) is 3. The van der Waals surface area contributed by atoms with Gasteiger partial charge in [0.25, 0.3) is 0 Å². The topological polar surface area (TPSA) is 107 Å². The van der Waals surface area contributed by atoms with E-state index in [1.807, 2.05) is 0 Å². The van der Waals surface area contributed by atoms with Crippen molar-refractivity contribution in [1.29, 1.82) is 0 Å². The van der Waals surface area contributed by atoms with Crippen LogP contribution in [-0.2, 0) is 9.53 Å². The molecule has 1 aromatic carbocycles. The van der Waals surface area contributed by atoms with Gasteiger partial charge in [-0.2, -0.15) is 0 Å². The second-order valence-corrected chi connectivity index (χ2v) is 4.60. The van der Waals surface area contributed by atoms with Gasteiger partial charge in [-0.05, 0) is 43.0 Å². The maximum atomic E-state index is 12.1. The van der Waals surface area contributed by atoms with Crippen LogP contribution < -0.4 is 5.32 Å². The number of nitrogens with one attached hydrogen (secondary N) is 1. The van der Waals surface area contributed by atoms with Crippen LogP contribution in [0.15, 0.2) is 17.2 Å². The van der Waals surface area contributed by atoms with E-state index in [0.717, 1.165) is 0 Å². The summed E-state index contributed by atoms with van der Waals surface area (Å²) in [6, 6.07) is 2.83. The molecule has 0 aliphatic carbocycles. The van der Waals surface area contributed by atoms with Gasteiger partial charge in [0.15, 0.2) is 0 Å². The molecule has 0 heterocycles. The molecule has 0 amide bonds. The van der Waals surface area contributed by atoms with Crippen LogP contribution in [-0.4, -0.2) is 30.8 Å². The van der Waals surface area contributed by atoms with Crippen LogP contribution in [0.2, 0.25) is 0 Å². The first-order chi connectivity index (χ1) is 10.0. The number of rotatable bonds is 7. The summed E-state index contributed by atoms with van der Waals surface area (Å²) in [5, 5.41) is 16.2. The normalized spacial score (nSPS) is 11.6. The Morgan fingerprint density at radius 3 is 2.62 bits per heavy atom. The highest BCUT2D eigenvalue weighted by atomic mass is 16.5. The van der Waals surface area contributed by atoms with Crippen molar-refractivity contribution in [3.05, 3.63) is 39.3 Å². The quantitative estimate of drug-likeness (QED) is 0.264. The summed E-state index contributed by atoms with van der Waals surface area (Å²) in [6.07, 6.45) is 0. The van der Waals surface area contributed by atoms with E-state index in [1.54, 1.807) is 32.9 Å². The molecule has 0 saturated carbocycles. The second-order valence-electron chi connectivity index (χ2n) is 4.60. The molecule has 0 fully saturated rings. The first-order valence-electron chi connectivity index (χ1n) is 6.72. The number of phenolic OH excluding ortho intramolecular Hbond substituents is 1. The fourth-order valence-electron chi connectivity index (χ4n) is 2.02. The van der Waals surface area contributed by atoms with Crippen molar-refractivity contribution in [3.8, 4) is 5.75 Å². The maximum Gasteiger partial charge on any atom is 0.327 e. The minimum absolute atomic E-state index is 0.218. The minimum atomic E-state index is -0.656. The third kappa shape index (κ3) is 4.66. The predicted molar refractivity (Wildman–Crippen MR) is 79.0 cm³/mol. The molecule has 0 aromatic heterocycles. The van der Waals surface area contributed by atoms with Gasteiger partial charge in [-0.15, -0.1) is 0 Å². The number of carbonyl (C=O) groups excluding carboxylic acids is 1. The van der Waals surface area contributed by atoms with Crippen molar-refractivity contribution < 1.29 is 14.6 Å². The fraction of sp³-hybridized carbons (Fsp3) is 0.500. The highest BCUT2D eigenvalue weighted by Gasteiger charge is 2.22. The van der Waals surface area contributed by atoms with Crippen molar-refractivity contribution in [2.75, 3.05) is 19.7 Å². The Morgan fingerprint density at radius 1 is 1.48 bits per heavy atom. The smallest absolute Gasteiger partial charge is 0.327 e. The molecular formula is C14H20N4O3. The van der Waals surface area contributed by atoms with Crippen molar-refractivity contribution in [1.82, 2.24) is 5.32 Å². The summed E-state index contributed by atoms with van der Waals surface area (Å²) < 4.78 is 5.06. The van der Waals surface area contributed by atoms with Crippen LogP contribution in [0.1, 0.15) is 29.7 Å². The van der Waals surface area contributed by atoms with Gasteiger partial charge < -0.3 is 15.2 Å². The van der Waals surface area contributed by atoms with E-state index in [4.69, 9.17) is 10.3 Å². The molecule has 0 radical (unpaired) electrons. The second kappa shape index (κ2) is 8.14. The van der Waals surface area contributed by atoms with Crippen LogP contribution in [0.3, 0.4) is 0 Å². The Kier molecular flexibility index (Phi) is 6.52. The van der Waals surface area contributed by atoms with Crippen molar-refractivity contribution in [2.45, 2.75) is 26.8 Å². The number of benzene rings is 1. The minimum Gasteiger partial charge on any atom is -0.507 e. The number of azide groups is 1. The van der Waals surface area contributed by atoms with Crippen LogP contribution in [0.4, 0.5) is 0 Å². The molecule has 114 valence electrons. The SMILES string of the molecule is CCOC(=O)C(NCCN=[N+]=[N-])c1cc(C)c(O)c(C)c1. The number of ether oxygens (including phenoxy) is 1. The molecule has 0 bridgehead atoms. The van der Waals surface area contributed by atoms with E-state index in [2.05, 4.69) is 15.3 Å². The molecule has 1 rings (SSSR count). The van der Waals surface area contributed by atoms with E-state index >= 15 is 0 Å². The Labute approximate surface area is 123 Å². The summed E-state index contributed by atoms with van der Waals surface area (Å²) in [5.74, 6) is -0.182. The van der Waals surface area contributed by atoms with Gasteiger partial charge in [0.05, 0.1) is 6.61 Å². The third-order valence-corrected chi connectivity index (χ3v) is 2.99. The van der Waals surface area contributed by atoms with E-state index in [9.17, 15) is 9.90 Å². The highest BCUT2D eigenvalue weighted by Crippen LogP contribution is 2.26. The monoisotopic (exact) mass is 292 g/mol. The van der Waals surface area contributed by atoms with Crippen LogP contribution in [0.5, 0.6) is 5.75 Å². The van der Waals surface area contributed by atoms with Crippen LogP contribution in [0, 0.1) is 13.8 Å². The summed E-state index contributed by atoms with van der Waals surface area (Å²) >= 11 is 0. The molecule has 1 unspecified atom stereocenters. The Bertz CT molecular complexity index is 530. The van der Waals surface area contributed by atoms with E-state index in [1.165, 1.54) is 0 Å². The number of carbonyl (C=O) groups is 1. The van der Waals surface area contributed by atoms with Gasteiger partial charge in [0, 0.05) is 18.0 Å². The molecule has 7 nitrogen and oxygen atoms in total. The molecule has 7 heteroatoms. The average Bonchev–Trinajstić information content (AvgIpc) is 2.44. The van der Waals surface area contributed by atoms with Crippen molar-refractivity contribution in [2.24, 2.45) is 5.11 Å². The molecule has 0 saturated heterocycles. The van der Waals surface area contributed by atoms with Crippen LogP contribution in [0.25, 0.3) is 10.4 Å². The molecule has 0 aliphatic heterocycles. The van der Waals surface area contributed by atoms with Gasteiger partial charge in [-0.25, -0.2) is 4.79 Å². The Balaban J connectivity index is 2.99. The van der Waals surface area contributed by atoms with Crippen molar-refractivity contribution in [3.63, 3.8) is 0 Å². The molecular weight excluding hydrogens is 272 g/mol. The third-order valence-electron chi connectivity index (χ3n) is 2.99. The lowest BCUT2D eigenvalue weighted by atomic mass is 10.00. The molecule has 0 aliphatic rings. The van der Waals surface area contributed by atoms with E-state index < -0.39 is 12.0 Å². The number of aryl methyl sites for hydroxylation is 2. The van der Waals surface area contributed by atoms with E-state index in [-0.39, 0.29) is 18.9 Å². The molecule has 1 aromatic rings. The number of phenols is 1. The largest absolute Gasteiger partial charge is 0.507 e. The number of esters is 1. The van der Waals surface area contributed by atoms with Crippen LogP contribution >= 0.6 is 0 Å². The molecule has 2 N–H and O–H groups in total. The first kappa shape index (κ1) is 16.8. The molecule has 1 atom stereocenters. The lowest BCUT2D eigenvalue weighted by Crippen LogP contribution is -2.32. The average molecular weight is 292 g/mol. The van der Waals surface area contributed by atoms with E-state index in [0.29, 0.717) is 23.2 Å². The predicted octanol–water partition coefficient (Wildman–Crippen LogP) is 2.51. The summed E-state index contributed by atoms with van der Waals surface area (Å²) in [7, 11) is 0. The standard InChI is InChI=1S/C14H20N4O3/c1-4-21-14(20)12(16-5-6-17-18-15)11-7-9(2)13(19)10(3)8-11/h7-8,12,16,19H,4-6H2,1-3H3. The Morgan fingerprint density at radius 2 is 2.10 bits per heavy atom. The molecule has 21 heavy (non-hydrogen) atoms. The van der Waals surface area contributed by atoms with Crippen molar-refractivity contribution >= 4 is 5.97 Å². The summed E-state index contributed by atoms with van der Waals surface area (Å²) in [6.45, 7) is 6.16. The summed E-state index contributed by atoms with van der Waals surface area (Å²) in [5.41, 5.74) is 10.3. The highest BCUT2D eigenvalue weighted by molar-refractivity contribution is 5.78. The van der Waals surface area contributed by atoms with Gasteiger partial charge in [0.2, 0.25) is 0 Å². The zero-order valence-corrected chi connectivity index (χ0v) is 12.5. The van der Waals surface area contributed by atoms with Gasteiger partial charge in [-0.3, -0.25) is 0 Å². The zero-order chi connectivity index (χ0) is 15.8.